The lowest BCUT2D eigenvalue weighted by molar-refractivity contribution is -0.128. The molecule has 1 amide bonds. The van der Waals surface area contributed by atoms with Crippen LogP contribution in [0.2, 0.25) is 5.02 Å². The van der Waals surface area contributed by atoms with E-state index in [1.54, 1.807) is 4.90 Å². The Morgan fingerprint density at radius 2 is 1.85 bits per heavy atom. The average Bonchev–Trinajstić information content (AvgIpc) is 3.15. The number of carbonyl (C=O) groups is 1. The average molecular weight is 315 g/mol. The Bertz CT molecular complexity index is 626. The van der Waals surface area contributed by atoms with E-state index in [9.17, 15) is 13.2 Å². The predicted octanol–water partition coefficient (Wildman–Crippen LogP) is 1.38. The lowest BCUT2D eigenvalue weighted by Gasteiger charge is -2.16. The van der Waals surface area contributed by atoms with E-state index in [-0.39, 0.29) is 23.3 Å². The van der Waals surface area contributed by atoms with Crippen molar-refractivity contribution in [2.75, 3.05) is 6.54 Å². The molecule has 0 bridgehead atoms. The molecule has 1 saturated heterocycles. The molecule has 1 aliphatic heterocycles. The minimum absolute atomic E-state index is 0.0382. The number of hydrogen-bond donors (Lipinski definition) is 1. The summed E-state index contributed by atoms with van der Waals surface area (Å²) < 4.78 is 27.0. The van der Waals surface area contributed by atoms with Gasteiger partial charge in [0.1, 0.15) is 0 Å². The van der Waals surface area contributed by atoms with Gasteiger partial charge in [0.15, 0.2) is 0 Å². The normalized spacial score (nSPS) is 23.4. The van der Waals surface area contributed by atoms with E-state index in [2.05, 4.69) is 4.72 Å². The topological polar surface area (TPSA) is 66.5 Å². The van der Waals surface area contributed by atoms with Crippen molar-refractivity contribution < 1.29 is 13.2 Å². The third kappa shape index (κ3) is 2.82. The van der Waals surface area contributed by atoms with Gasteiger partial charge in [-0.25, -0.2) is 13.1 Å². The van der Waals surface area contributed by atoms with E-state index in [4.69, 9.17) is 11.6 Å². The Kier molecular flexibility index (Phi) is 3.48. The van der Waals surface area contributed by atoms with Gasteiger partial charge in [0.2, 0.25) is 15.9 Å². The van der Waals surface area contributed by atoms with Crippen LogP contribution in [-0.2, 0) is 14.8 Å². The van der Waals surface area contributed by atoms with Crippen molar-refractivity contribution in [1.82, 2.24) is 9.62 Å². The maximum absolute atomic E-state index is 12.2. The minimum Gasteiger partial charge on any atom is -0.338 e. The van der Waals surface area contributed by atoms with Gasteiger partial charge in [-0.1, -0.05) is 11.6 Å². The van der Waals surface area contributed by atoms with Gasteiger partial charge in [-0.15, -0.1) is 0 Å². The van der Waals surface area contributed by atoms with E-state index < -0.39 is 10.0 Å². The van der Waals surface area contributed by atoms with Crippen LogP contribution in [0.4, 0.5) is 0 Å². The second-order valence-corrected chi connectivity index (χ2v) is 7.40. The van der Waals surface area contributed by atoms with Crippen LogP contribution in [0.15, 0.2) is 29.2 Å². The standard InChI is InChI=1S/C13H15ClN2O3S/c14-9-1-5-12(6-2-9)20(18,19)15-10-7-13(17)16(8-10)11-3-4-11/h1-2,5-6,10-11,15H,3-4,7-8H2. The number of halogens is 1. The molecule has 1 N–H and O–H groups in total. The number of sulfonamides is 1. The molecule has 1 aliphatic carbocycles. The van der Waals surface area contributed by atoms with Crippen molar-refractivity contribution >= 4 is 27.5 Å². The van der Waals surface area contributed by atoms with Crippen LogP contribution in [0.3, 0.4) is 0 Å². The molecule has 1 saturated carbocycles. The third-order valence-electron chi connectivity index (χ3n) is 3.59. The van der Waals surface area contributed by atoms with Crippen LogP contribution >= 0.6 is 11.6 Å². The molecule has 20 heavy (non-hydrogen) atoms. The highest BCUT2D eigenvalue weighted by Gasteiger charge is 2.40. The number of nitrogens with one attached hydrogen (secondary N) is 1. The third-order valence-corrected chi connectivity index (χ3v) is 5.38. The molecule has 1 aromatic carbocycles. The highest BCUT2D eigenvalue weighted by molar-refractivity contribution is 7.89. The van der Waals surface area contributed by atoms with Gasteiger partial charge < -0.3 is 4.90 Å². The number of amides is 1. The van der Waals surface area contributed by atoms with E-state index in [0.29, 0.717) is 17.6 Å². The fourth-order valence-electron chi connectivity index (χ4n) is 2.45. The summed E-state index contributed by atoms with van der Waals surface area (Å²) in [4.78, 5) is 13.8. The molecule has 0 aromatic heterocycles. The van der Waals surface area contributed by atoms with Crippen molar-refractivity contribution in [2.24, 2.45) is 0 Å². The van der Waals surface area contributed by atoms with Gasteiger partial charge >= 0.3 is 0 Å². The minimum atomic E-state index is -3.60. The summed E-state index contributed by atoms with van der Waals surface area (Å²) in [6.07, 6.45) is 2.30. The van der Waals surface area contributed by atoms with Crippen molar-refractivity contribution in [3.63, 3.8) is 0 Å². The molecule has 0 spiro atoms. The quantitative estimate of drug-likeness (QED) is 0.913. The molecular formula is C13H15ClN2O3S. The van der Waals surface area contributed by atoms with Gasteiger partial charge in [0, 0.05) is 30.1 Å². The van der Waals surface area contributed by atoms with Crippen LogP contribution < -0.4 is 4.72 Å². The van der Waals surface area contributed by atoms with Gasteiger partial charge in [0.25, 0.3) is 0 Å². The van der Waals surface area contributed by atoms with Crippen LogP contribution in [0.5, 0.6) is 0 Å². The maximum atomic E-state index is 12.2. The first-order valence-corrected chi connectivity index (χ1v) is 8.39. The smallest absolute Gasteiger partial charge is 0.240 e. The fourth-order valence-corrected chi connectivity index (χ4v) is 3.80. The molecule has 2 fully saturated rings. The highest BCUT2D eigenvalue weighted by Crippen LogP contribution is 2.31. The SMILES string of the molecule is O=C1CC(NS(=O)(=O)c2ccc(Cl)cc2)CN1C1CC1. The predicted molar refractivity (Wildman–Crippen MR) is 74.9 cm³/mol. The molecule has 1 heterocycles. The molecule has 2 aliphatic rings. The Hall–Kier alpha value is -1.11. The van der Waals surface area contributed by atoms with Crippen LogP contribution in [0.25, 0.3) is 0 Å². The number of hydrogen-bond acceptors (Lipinski definition) is 3. The lowest BCUT2D eigenvalue weighted by Crippen LogP contribution is -2.37. The highest BCUT2D eigenvalue weighted by atomic mass is 35.5. The number of carbonyl (C=O) groups excluding carboxylic acids is 1. The van der Waals surface area contributed by atoms with Gasteiger partial charge in [-0.2, -0.15) is 0 Å². The monoisotopic (exact) mass is 314 g/mol. The van der Waals surface area contributed by atoms with E-state index in [1.807, 2.05) is 0 Å². The second-order valence-electron chi connectivity index (χ2n) is 5.25. The van der Waals surface area contributed by atoms with Gasteiger partial charge in [0.05, 0.1) is 4.90 Å². The summed E-state index contributed by atoms with van der Waals surface area (Å²) in [5.74, 6) is 0.0382. The maximum Gasteiger partial charge on any atom is 0.240 e. The van der Waals surface area contributed by atoms with Gasteiger partial charge in [-0.3, -0.25) is 4.79 Å². The van der Waals surface area contributed by atoms with E-state index >= 15 is 0 Å². The molecule has 3 rings (SSSR count). The first-order valence-electron chi connectivity index (χ1n) is 6.53. The van der Waals surface area contributed by atoms with Gasteiger partial charge in [-0.05, 0) is 37.1 Å². The molecule has 1 aromatic rings. The number of likely N-dealkylation sites (tertiary alicyclic amines) is 1. The molecule has 1 unspecified atom stereocenters. The van der Waals surface area contributed by atoms with Crippen LogP contribution in [-0.4, -0.2) is 37.9 Å². The summed E-state index contributed by atoms with van der Waals surface area (Å²) in [5, 5.41) is 0.486. The van der Waals surface area contributed by atoms with Crippen molar-refractivity contribution in [1.29, 1.82) is 0 Å². The molecule has 7 heteroatoms. The van der Waals surface area contributed by atoms with E-state index in [0.717, 1.165) is 12.8 Å². The lowest BCUT2D eigenvalue weighted by atomic mass is 10.3. The molecule has 0 radical (unpaired) electrons. The number of rotatable bonds is 4. The summed E-state index contributed by atoms with van der Waals surface area (Å²) in [7, 11) is -3.60. The molecular weight excluding hydrogens is 300 g/mol. The Balaban J connectivity index is 1.70. The second kappa shape index (κ2) is 5.02. The Morgan fingerprint density at radius 3 is 2.45 bits per heavy atom. The summed E-state index contributed by atoms with van der Waals surface area (Å²) in [5.41, 5.74) is 0. The fraction of sp³-hybridized carbons (Fsp3) is 0.462. The van der Waals surface area contributed by atoms with Crippen molar-refractivity contribution in [2.45, 2.75) is 36.2 Å². The summed E-state index contributed by atoms with van der Waals surface area (Å²) in [6.45, 7) is 0.469. The van der Waals surface area contributed by atoms with Crippen molar-refractivity contribution in [3.05, 3.63) is 29.3 Å². The molecule has 5 nitrogen and oxygen atoms in total. The zero-order valence-corrected chi connectivity index (χ0v) is 12.3. The molecule has 108 valence electrons. The van der Waals surface area contributed by atoms with Crippen LogP contribution in [0.1, 0.15) is 19.3 Å². The zero-order valence-electron chi connectivity index (χ0n) is 10.8. The van der Waals surface area contributed by atoms with Crippen LogP contribution in [0, 0.1) is 0 Å². The largest absolute Gasteiger partial charge is 0.338 e. The van der Waals surface area contributed by atoms with Crippen molar-refractivity contribution in [3.8, 4) is 0 Å². The zero-order chi connectivity index (χ0) is 14.3. The summed E-state index contributed by atoms with van der Waals surface area (Å²) >= 11 is 5.75. The Labute approximate surface area is 123 Å². The van der Waals surface area contributed by atoms with E-state index in [1.165, 1.54) is 24.3 Å². The number of nitrogens with zero attached hydrogens (tertiary/aromatic N) is 1. The first kappa shape index (κ1) is 13.9. The molecule has 1 atom stereocenters. The first-order chi connectivity index (χ1) is 9.45. The number of benzene rings is 1. The summed E-state index contributed by atoms with van der Waals surface area (Å²) in [6, 6.07) is 5.97. The Morgan fingerprint density at radius 1 is 1.20 bits per heavy atom.